The molecule has 1 aliphatic heterocycles. The maximum Gasteiger partial charge on any atom is 0.220 e. The summed E-state index contributed by atoms with van der Waals surface area (Å²) in [5, 5.41) is 19.0. The van der Waals surface area contributed by atoms with Crippen molar-refractivity contribution in [3.63, 3.8) is 0 Å². The van der Waals surface area contributed by atoms with Crippen LogP contribution >= 0.6 is 11.3 Å². The molecule has 0 bridgehead atoms. The normalized spacial score (nSPS) is 17.9. The summed E-state index contributed by atoms with van der Waals surface area (Å²) in [6.45, 7) is 2.00. The fourth-order valence-corrected chi connectivity index (χ4v) is 7.14. The van der Waals surface area contributed by atoms with Crippen LogP contribution in [0.5, 0.6) is 0 Å². The summed E-state index contributed by atoms with van der Waals surface area (Å²) in [7, 11) is -3.34. The van der Waals surface area contributed by atoms with Gasteiger partial charge in [0.15, 0.2) is 9.84 Å². The number of thiophene rings is 1. The zero-order valence-corrected chi connectivity index (χ0v) is 22.8. The first-order valence-electron chi connectivity index (χ1n) is 12.6. The molecule has 0 saturated heterocycles. The Labute approximate surface area is 226 Å². The van der Waals surface area contributed by atoms with Crippen molar-refractivity contribution >= 4 is 27.1 Å². The lowest BCUT2D eigenvalue weighted by Crippen LogP contribution is -2.50. The molecule has 0 unspecified atom stereocenters. The zero-order valence-electron chi connectivity index (χ0n) is 21.1. The highest BCUT2D eigenvalue weighted by atomic mass is 32.2. The minimum atomic E-state index is -3.34. The van der Waals surface area contributed by atoms with Gasteiger partial charge >= 0.3 is 0 Å². The van der Waals surface area contributed by atoms with Crippen LogP contribution in [0.15, 0.2) is 53.9 Å². The topological polar surface area (TPSA) is 95.5 Å². The van der Waals surface area contributed by atoms with Gasteiger partial charge in [-0.3, -0.25) is 4.79 Å². The van der Waals surface area contributed by atoms with E-state index in [2.05, 4.69) is 10.6 Å². The van der Waals surface area contributed by atoms with Crippen molar-refractivity contribution in [3.05, 3.63) is 92.7 Å². The van der Waals surface area contributed by atoms with Gasteiger partial charge in [0.25, 0.3) is 0 Å². The highest BCUT2D eigenvalue weighted by molar-refractivity contribution is 7.90. The Balaban J connectivity index is 1.48. The minimum absolute atomic E-state index is 0.00179. The van der Waals surface area contributed by atoms with E-state index in [1.54, 1.807) is 11.3 Å². The molecule has 1 aliphatic rings. The predicted octanol–water partition coefficient (Wildman–Crippen LogP) is 3.87. The van der Waals surface area contributed by atoms with E-state index in [1.807, 2.05) is 42.6 Å². The Bertz CT molecular complexity index is 1340. The molecule has 1 aromatic heterocycles. The monoisotopic (exact) mass is 562 g/mol. The van der Waals surface area contributed by atoms with Gasteiger partial charge in [0.1, 0.15) is 11.6 Å². The number of benzene rings is 2. The lowest BCUT2D eigenvalue weighted by Gasteiger charge is -2.30. The number of amides is 1. The highest BCUT2D eigenvalue weighted by Gasteiger charge is 2.31. The third-order valence-corrected chi connectivity index (χ3v) is 9.26. The number of fused-ring (bicyclic) bond motifs is 1. The number of carbonyl (C=O) groups excluding carboxylic acids is 1. The van der Waals surface area contributed by atoms with Gasteiger partial charge in [-0.15, -0.1) is 11.3 Å². The molecule has 2 heterocycles. The standard InChI is InChI=1S/C28H32F2N2O4S2/c1-2-18-5-6-20-16-38(35,36)17-26(24(20)12-18)31-15-27(33)25(13-19-10-21(29)14-22(30)11-19)32-28(34)8-7-23-4-3-9-37-23/h3-6,9-12,14,25-27,31,33H,2,7-8,13,15-17H2,1H3,(H,32,34)/t25-,26-,27+/m0/s1. The van der Waals surface area contributed by atoms with E-state index in [1.165, 1.54) is 12.1 Å². The first kappa shape index (κ1) is 28.4. The fraction of sp³-hybridized carbons (Fsp3) is 0.393. The number of sulfone groups is 1. The van der Waals surface area contributed by atoms with E-state index in [9.17, 15) is 27.1 Å². The molecule has 0 spiro atoms. The number of carbonyl (C=O) groups is 1. The van der Waals surface area contributed by atoms with E-state index < -0.39 is 39.7 Å². The van der Waals surface area contributed by atoms with Crippen molar-refractivity contribution in [1.29, 1.82) is 0 Å². The van der Waals surface area contributed by atoms with Gasteiger partial charge in [-0.2, -0.15) is 0 Å². The molecule has 0 aliphatic carbocycles. The van der Waals surface area contributed by atoms with Crippen LogP contribution in [0.3, 0.4) is 0 Å². The van der Waals surface area contributed by atoms with Gasteiger partial charge in [-0.05, 0) is 65.1 Å². The van der Waals surface area contributed by atoms with Crippen LogP contribution in [0.2, 0.25) is 0 Å². The van der Waals surface area contributed by atoms with Crippen LogP contribution in [0.4, 0.5) is 8.78 Å². The Kier molecular flexibility index (Phi) is 9.30. The quantitative estimate of drug-likeness (QED) is 0.330. The van der Waals surface area contributed by atoms with Crippen molar-refractivity contribution in [1.82, 2.24) is 10.6 Å². The van der Waals surface area contributed by atoms with Crippen LogP contribution in [-0.4, -0.2) is 43.9 Å². The number of aryl methyl sites for hydroxylation is 2. The summed E-state index contributed by atoms with van der Waals surface area (Å²) < 4.78 is 52.8. The molecule has 4 rings (SSSR count). The van der Waals surface area contributed by atoms with Crippen LogP contribution in [0.25, 0.3) is 0 Å². The molecular weight excluding hydrogens is 530 g/mol. The molecule has 10 heteroatoms. The number of hydrogen-bond donors (Lipinski definition) is 3. The van der Waals surface area contributed by atoms with Crippen LogP contribution in [-0.2, 0) is 39.6 Å². The van der Waals surface area contributed by atoms with Gasteiger partial charge in [-0.1, -0.05) is 31.2 Å². The molecule has 3 atom stereocenters. The highest BCUT2D eigenvalue weighted by Crippen LogP contribution is 2.29. The minimum Gasteiger partial charge on any atom is -0.390 e. The van der Waals surface area contributed by atoms with Crippen molar-refractivity contribution in [2.45, 2.75) is 56.5 Å². The second-order valence-corrected chi connectivity index (χ2v) is 12.8. The number of aliphatic hydroxyl groups is 1. The summed E-state index contributed by atoms with van der Waals surface area (Å²) in [4.78, 5) is 13.8. The molecule has 0 radical (unpaired) electrons. The Hall–Kier alpha value is -2.66. The molecule has 1 amide bonds. The van der Waals surface area contributed by atoms with E-state index >= 15 is 0 Å². The van der Waals surface area contributed by atoms with Gasteiger partial charge in [-0.25, -0.2) is 17.2 Å². The molecule has 6 nitrogen and oxygen atoms in total. The average Bonchev–Trinajstić information content (AvgIpc) is 3.38. The predicted molar refractivity (Wildman–Crippen MR) is 145 cm³/mol. The number of nitrogens with one attached hydrogen (secondary N) is 2. The van der Waals surface area contributed by atoms with Crippen LogP contribution in [0.1, 0.15) is 46.5 Å². The van der Waals surface area contributed by atoms with Crippen molar-refractivity contribution in [2.24, 2.45) is 0 Å². The summed E-state index contributed by atoms with van der Waals surface area (Å²) >= 11 is 1.54. The smallest absolute Gasteiger partial charge is 0.220 e. The third kappa shape index (κ3) is 7.69. The molecule has 3 aromatic rings. The van der Waals surface area contributed by atoms with Crippen molar-refractivity contribution in [2.75, 3.05) is 12.3 Å². The second-order valence-electron chi connectivity index (χ2n) is 9.70. The lowest BCUT2D eigenvalue weighted by atomic mass is 9.97. The van der Waals surface area contributed by atoms with E-state index in [0.717, 1.165) is 34.1 Å². The van der Waals surface area contributed by atoms with Crippen molar-refractivity contribution in [3.8, 4) is 0 Å². The number of aliphatic hydroxyl groups excluding tert-OH is 1. The maximum absolute atomic E-state index is 13.8. The summed E-state index contributed by atoms with van der Waals surface area (Å²) in [5.74, 6) is -1.91. The van der Waals surface area contributed by atoms with E-state index in [0.29, 0.717) is 12.0 Å². The largest absolute Gasteiger partial charge is 0.390 e. The molecule has 0 saturated carbocycles. The molecule has 3 N–H and O–H groups in total. The number of halogens is 2. The SMILES string of the molecule is CCc1ccc2c(c1)[C@@H](NC[C@@H](O)[C@H](Cc1cc(F)cc(F)c1)NC(=O)CCc1cccs1)CS(=O)(=O)C2. The Morgan fingerprint density at radius 3 is 2.58 bits per heavy atom. The number of hydrogen-bond acceptors (Lipinski definition) is 6. The number of rotatable bonds is 11. The van der Waals surface area contributed by atoms with Gasteiger partial charge in [0.2, 0.25) is 5.91 Å². The molecular formula is C28H32F2N2O4S2. The van der Waals surface area contributed by atoms with Gasteiger partial charge < -0.3 is 15.7 Å². The van der Waals surface area contributed by atoms with Crippen molar-refractivity contribution < 1.29 is 27.1 Å². The first-order valence-corrected chi connectivity index (χ1v) is 15.3. The van der Waals surface area contributed by atoms with E-state index in [-0.39, 0.29) is 36.8 Å². The molecule has 204 valence electrons. The molecule has 38 heavy (non-hydrogen) atoms. The summed E-state index contributed by atoms with van der Waals surface area (Å²) in [5.41, 5.74) is 2.99. The zero-order chi connectivity index (χ0) is 27.3. The molecule has 0 fully saturated rings. The maximum atomic E-state index is 13.8. The van der Waals surface area contributed by atoms with Gasteiger partial charge in [0, 0.05) is 30.0 Å². The fourth-order valence-electron chi connectivity index (χ4n) is 4.77. The third-order valence-electron chi connectivity index (χ3n) is 6.73. The summed E-state index contributed by atoms with van der Waals surface area (Å²) in [6.07, 6.45) is 0.397. The van der Waals surface area contributed by atoms with Crippen LogP contribution < -0.4 is 10.6 Å². The Morgan fingerprint density at radius 2 is 1.89 bits per heavy atom. The second kappa shape index (κ2) is 12.5. The lowest BCUT2D eigenvalue weighted by molar-refractivity contribution is -0.122. The Morgan fingerprint density at radius 1 is 1.13 bits per heavy atom. The van der Waals surface area contributed by atoms with Crippen LogP contribution in [0, 0.1) is 11.6 Å². The molecule has 2 aromatic carbocycles. The van der Waals surface area contributed by atoms with E-state index in [4.69, 9.17) is 0 Å². The van der Waals surface area contributed by atoms with Gasteiger partial charge in [0.05, 0.1) is 23.7 Å². The first-order chi connectivity index (χ1) is 18.1. The average molecular weight is 563 g/mol. The summed E-state index contributed by atoms with van der Waals surface area (Å²) in [6, 6.07) is 11.3.